The first kappa shape index (κ1) is 20.6. The van der Waals surface area contributed by atoms with Gasteiger partial charge in [0.15, 0.2) is 5.78 Å². The minimum Gasteiger partial charge on any atom is -0.361 e. The highest BCUT2D eigenvalue weighted by Crippen LogP contribution is 2.32. The van der Waals surface area contributed by atoms with Crippen LogP contribution in [0.15, 0.2) is 30.3 Å². The van der Waals surface area contributed by atoms with Crippen molar-refractivity contribution in [2.24, 2.45) is 17.3 Å². The van der Waals surface area contributed by atoms with Crippen LogP contribution < -0.4 is 5.32 Å². The molecule has 0 bridgehead atoms. The van der Waals surface area contributed by atoms with Crippen molar-refractivity contribution in [3.05, 3.63) is 35.9 Å². The Kier molecular flexibility index (Phi) is 6.28. The van der Waals surface area contributed by atoms with Crippen LogP contribution in [0, 0.1) is 17.3 Å². The number of rotatable bonds is 8. The van der Waals surface area contributed by atoms with Gasteiger partial charge in [-0.25, -0.2) is 0 Å². The molecule has 0 radical (unpaired) electrons. The zero-order chi connectivity index (χ0) is 19.5. The maximum absolute atomic E-state index is 13.1. The van der Waals surface area contributed by atoms with Gasteiger partial charge in [-0.1, -0.05) is 65.0 Å². The lowest BCUT2D eigenvalue weighted by molar-refractivity contribution is -0.134. The van der Waals surface area contributed by atoms with Crippen LogP contribution in [0.2, 0.25) is 0 Å². The first-order chi connectivity index (χ1) is 12.0. The highest BCUT2D eigenvalue weighted by molar-refractivity contribution is 5.96. The largest absolute Gasteiger partial charge is 0.361 e. The molecule has 0 aromatic heterocycles. The lowest BCUT2D eigenvalue weighted by Gasteiger charge is -2.32. The SMILES string of the molecule is CC(C)CC(NC(=O)C(Cc1ccccc1)C(C)(C)C)C(=O)C1(C)CO1. The first-order valence-electron chi connectivity index (χ1n) is 9.55. The van der Waals surface area contributed by atoms with Gasteiger partial charge in [0.2, 0.25) is 5.91 Å². The molecule has 4 nitrogen and oxygen atoms in total. The highest BCUT2D eigenvalue weighted by Gasteiger charge is 2.50. The van der Waals surface area contributed by atoms with Gasteiger partial charge in [0.1, 0.15) is 5.60 Å². The number of hydrogen-bond donors (Lipinski definition) is 1. The van der Waals surface area contributed by atoms with Gasteiger partial charge in [0.05, 0.1) is 12.6 Å². The second kappa shape index (κ2) is 7.91. The molecule has 1 heterocycles. The molecule has 1 aromatic carbocycles. The average molecular weight is 360 g/mol. The van der Waals surface area contributed by atoms with Crippen molar-refractivity contribution in [3.63, 3.8) is 0 Å². The smallest absolute Gasteiger partial charge is 0.224 e. The van der Waals surface area contributed by atoms with Crippen molar-refractivity contribution in [1.29, 1.82) is 0 Å². The third kappa shape index (κ3) is 5.41. The van der Waals surface area contributed by atoms with E-state index in [2.05, 4.69) is 39.9 Å². The van der Waals surface area contributed by atoms with Crippen LogP contribution in [0.4, 0.5) is 0 Å². The molecule has 1 N–H and O–H groups in total. The molecule has 0 aliphatic carbocycles. The number of amides is 1. The van der Waals surface area contributed by atoms with Gasteiger partial charge in [-0.15, -0.1) is 0 Å². The van der Waals surface area contributed by atoms with Gasteiger partial charge in [-0.2, -0.15) is 0 Å². The van der Waals surface area contributed by atoms with Crippen LogP contribution in [0.3, 0.4) is 0 Å². The Labute approximate surface area is 157 Å². The summed E-state index contributed by atoms with van der Waals surface area (Å²) in [6.07, 6.45) is 1.29. The van der Waals surface area contributed by atoms with Crippen LogP contribution in [-0.2, 0) is 20.7 Å². The third-order valence-corrected chi connectivity index (χ3v) is 5.08. The van der Waals surface area contributed by atoms with Crippen molar-refractivity contribution in [1.82, 2.24) is 5.32 Å². The van der Waals surface area contributed by atoms with Gasteiger partial charge in [-0.05, 0) is 36.7 Å². The average Bonchev–Trinajstić information content (AvgIpc) is 3.29. The Balaban J connectivity index is 2.16. The fraction of sp³-hybridized carbons (Fsp3) is 0.636. The second-order valence-electron chi connectivity index (χ2n) is 9.18. The van der Waals surface area contributed by atoms with Crippen LogP contribution in [-0.4, -0.2) is 29.9 Å². The number of carbonyl (C=O) groups is 2. The van der Waals surface area contributed by atoms with E-state index in [-0.39, 0.29) is 23.0 Å². The van der Waals surface area contributed by atoms with E-state index < -0.39 is 11.6 Å². The van der Waals surface area contributed by atoms with Crippen molar-refractivity contribution < 1.29 is 14.3 Å². The molecule has 0 saturated carbocycles. The number of hydrogen-bond acceptors (Lipinski definition) is 3. The maximum atomic E-state index is 13.1. The number of Topliss-reactive ketones (excluding diaryl/α,β-unsaturated/α-hetero) is 1. The number of epoxide rings is 1. The lowest BCUT2D eigenvalue weighted by Crippen LogP contribution is -2.50. The Bertz CT molecular complexity index is 627. The quantitative estimate of drug-likeness (QED) is 0.719. The lowest BCUT2D eigenvalue weighted by atomic mass is 9.76. The standard InChI is InChI=1S/C22H33NO3/c1-15(2)12-18(19(24)22(6)14-26-22)23-20(25)17(21(3,4)5)13-16-10-8-7-9-11-16/h7-11,15,17-18H,12-14H2,1-6H3,(H,23,25). The van der Waals surface area contributed by atoms with Gasteiger partial charge in [0, 0.05) is 5.92 Å². The molecule has 1 saturated heterocycles. The van der Waals surface area contributed by atoms with Crippen molar-refractivity contribution >= 4 is 11.7 Å². The molecule has 1 aromatic rings. The Morgan fingerprint density at radius 2 is 1.77 bits per heavy atom. The summed E-state index contributed by atoms with van der Waals surface area (Å²) < 4.78 is 5.32. The summed E-state index contributed by atoms with van der Waals surface area (Å²) in [5.41, 5.74) is 0.210. The third-order valence-electron chi connectivity index (χ3n) is 5.08. The summed E-state index contributed by atoms with van der Waals surface area (Å²) in [6.45, 7) is 12.6. The summed E-state index contributed by atoms with van der Waals surface area (Å²) in [6, 6.07) is 9.55. The molecule has 1 amide bonds. The summed E-state index contributed by atoms with van der Waals surface area (Å²) in [5, 5.41) is 3.05. The van der Waals surface area contributed by atoms with Crippen molar-refractivity contribution in [3.8, 4) is 0 Å². The van der Waals surface area contributed by atoms with Gasteiger partial charge >= 0.3 is 0 Å². The molecule has 1 aliphatic heterocycles. The number of nitrogens with one attached hydrogen (secondary N) is 1. The van der Waals surface area contributed by atoms with E-state index in [9.17, 15) is 9.59 Å². The predicted octanol–water partition coefficient (Wildman–Crippen LogP) is 3.78. The minimum atomic E-state index is -0.719. The Hall–Kier alpha value is -1.68. The second-order valence-corrected chi connectivity index (χ2v) is 9.18. The van der Waals surface area contributed by atoms with Gasteiger partial charge in [-0.3, -0.25) is 9.59 Å². The fourth-order valence-electron chi connectivity index (χ4n) is 3.24. The molecule has 2 rings (SSSR count). The van der Waals surface area contributed by atoms with E-state index in [1.165, 1.54) is 0 Å². The van der Waals surface area contributed by atoms with Crippen molar-refractivity contribution in [2.75, 3.05) is 6.61 Å². The summed E-state index contributed by atoms with van der Waals surface area (Å²) >= 11 is 0. The fourth-order valence-corrected chi connectivity index (χ4v) is 3.24. The molecule has 4 heteroatoms. The molecule has 26 heavy (non-hydrogen) atoms. The predicted molar refractivity (Wildman–Crippen MR) is 104 cm³/mol. The van der Waals surface area contributed by atoms with Gasteiger partial charge in [0.25, 0.3) is 0 Å². The molecule has 0 spiro atoms. The van der Waals surface area contributed by atoms with E-state index in [0.717, 1.165) is 5.56 Å². The maximum Gasteiger partial charge on any atom is 0.224 e. The van der Waals surface area contributed by atoms with E-state index in [1.54, 1.807) is 6.92 Å². The molecule has 144 valence electrons. The number of ether oxygens (including phenoxy) is 1. The zero-order valence-electron chi connectivity index (χ0n) is 17.0. The van der Waals surface area contributed by atoms with E-state index in [0.29, 0.717) is 25.4 Å². The van der Waals surface area contributed by atoms with E-state index in [4.69, 9.17) is 4.74 Å². The summed E-state index contributed by atoms with van der Waals surface area (Å²) in [5.74, 6) is 0.0469. The Morgan fingerprint density at radius 3 is 2.23 bits per heavy atom. The molecule has 3 unspecified atom stereocenters. The normalized spacial score (nSPS) is 22.0. The van der Waals surface area contributed by atoms with Crippen LogP contribution in [0.1, 0.15) is 53.5 Å². The van der Waals surface area contributed by atoms with E-state index in [1.807, 2.05) is 30.3 Å². The number of benzene rings is 1. The van der Waals surface area contributed by atoms with Crippen molar-refractivity contribution in [2.45, 2.75) is 66.0 Å². The topological polar surface area (TPSA) is 58.7 Å². The molecular weight excluding hydrogens is 326 g/mol. The highest BCUT2D eigenvalue weighted by atomic mass is 16.6. The van der Waals surface area contributed by atoms with Crippen LogP contribution >= 0.6 is 0 Å². The summed E-state index contributed by atoms with van der Waals surface area (Å²) in [4.78, 5) is 25.9. The first-order valence-corrected chi connectivity index (χ1v) is 9.55. The zero-order valence-corrected chi connectivity index (χ0v) is 17.0. The molecule has 1 aliphatic rings. The molecule has 3 atom stereocenters. The minimum absolute atomic E-state index is 0.00748. The monoisotopic (exact) mass is 359 g/mol. The number of ketones is 1. The summed E-state index contributed by atoms with van der Waals surface area (Å²) in [7, 11) is 0. The molecular formula is C22H33NO3. The van der Waals surface area contributed by atoms with Crippen LogP contribution in [0.5, 0.6) is 0 Å². The van der Waals surface area contributed by atoms with Crippen LogP contribution in [0.25, 0.3) is 0 Å². The number of carbonyl (C=O) groups excluding carboxylic acids is 2. The van der Waals surface area contributed by atoms with Gasteiger partial charge < -0.3 is 10.1 Å². The molecule has 1 fully saturated rings. The van der Waals surface area contributed by atoms with E-state index >= 15 is 0 Å². The Morgan fingerprint density at radius 1 is 1.19 bits per heavy atom.